The molecule has 6 rings (SSSR count). The molecule has 2 N–H and O–H groups in total. The lowest BCUT2D eigenvalue weighted by atomic mass is 9.46. The van der Waals surface area contributed by atoms with Crippen LogP contribution in [0.15, 0.2) is 11.0 Å². The van der Waals surface area contributed by atoms with Crippen molar-refractivity contribution < 1.29 is 9.90 Å². The van der Waals surface area contributed by atoms with Gasteiger partial charge in [-0.25, -0.2) is 4.68 Å². The summed E-state index contributed by atoms with van der Waals surface area (Å²) in [6, 6.07) is 0.342. The van der Waals surface area contributed by atoms with E-state index in [2.05, 4.69) is 17.3 Å². The van der Waals surface area contributed by atoms with Gasteiger partial charge in [-0.1, -0.05) is 18.5 Å². The van der Waals surface area contributed by atoms with Crippen LogP contribution in [0.2, 0.25) is 5.02 Å². The fourth-order valence-corrected chi connectivity index (χ4v) is 7.86. The fraction of sp³-hybridized carbons (Fsp3) is 0.783. The van der Waals surface area contributed by atoms with Crippen molar-refractivity contribution in [3.8, 4) is 0 Å². The molecule has 0 radical (unpaired) electrons. The molecule has 6 nitrogen and oxygen atoms in total. The van der Waals surface area contributed by atoms with Crippen molar-refractivity contribution in [2.24, 2.45) is 23.2 Å². The molecule has 4 bridgehead atoms. The molecular weight excluding hydrogens is 402 g/mol. The molecule has 0 aliphatic heterocycles. The summed E-state index contributed by atoms with van der Waals surface area (Å²) in [6.45, 7) is 2.29. The first-order valence-electron chi connectivity index (χ1n) is 11.5. The van der Waals surface area contributed by atoms with Gasteiger partial charge in [0.1, 0.15) is 5.02 Å². The Bertz CT molecular complexity index is 891. The van der Waals surface area contributed by atoms with E-state index in [0.29, 0.717) is 23.6 Å². The van der Waals surface area contributed by atoms with E-state index < -0.39 is 5.97 Å². The predicted molar refractivity (Wildman–Crippen MR) is 116 cm³/mol. The number of carboxylic acids is 1. The van der Waals surface area contributed by atoms with Crippen molar-refractivity contribution in [1.82, 2.24) is 9.78 Å². The van der Waals surface area contributed by atoms with Crippen LogP contribution >= 0.6 is 11.6 Å². The molecule has 1 heterocycles. The molecule has 0 spiro atoms. The number of aromatic nitrogens is 2. The van der Waals surface area contributed by atoms with Crippen molar-refractivity contribution in [2.45, 2.75) is 89.1 Å². The second-order valence-corrected chi connectivity index (χ2v) is 11.3. The Labute approximate surface area is 182 Å². The molecule has 164 valence electrons. The minimum atomic E-state index is -0.730. The summed E-state index contributed by atoms with van der Waals surface area (Å²) in [6.07, 6.45) is 12.2. The van der Waals surface area contributed by atoms with Crippen LogP contribution in [0.5, 0.6) is 0 Å². The van der Waals surface area contributed by atoms with Crippen molar-refractivity contribution in [1.29, 1.82) is 0 Å². The lowest BCUT2D eigenvalue weighted by Gasteiger charge is -2.61. The van der Waals surface area contributed by atoms with Crippen molar-refractivity contribution in [3.05, 3.63) is 21.6 Å². The maximum atomic E-state index is 13.3. The Morgan fingerprint density at radius 2 is 1.90 bits per heavy atom. The average Bonchev–Trinajstić information content (AvgIpc) is 2.65. The van der Waals surface area contributed by atoms with E-state index in [0.717, 1.165) is 57.3 Å². The van der Waals surface area contributed by atoms with Gasteiger partial charge in [-0.3, -0.25) is 9.59 Å². The quantitative estimate of drug-likeness (QED) is 0.705. The van der Waals surface area contributed by atoms with Gasteiger partial charge in [-0.2, -0.15) is 5.10 Å². The van der Waals surface area contributed by atoms with E-state index in [1.165, 1.54) is 12.8 Å². The summed E-state index contributed by atoms with van der Waals surface area (Å²) >= 11 is 6.58. The summed E-state index contributed by atoms with van der Waals surface area (Å²) in [4.78, 5) is 24.9. The largest absolute Gasteiger partial charge is 0.481 e. The molecule has 2 atom stereocenters. The summed E-state index contributed by atoms with van der Waals surface area (Å²) in [7, 11) is 0. The third-order valence-electron chi connectivity index (χ3n) is 8.42. The van der Waals surface area contributed by atoms with E-state index >= 15 is 0 Å². The van der Waals surface area contributed by atoms with Crippen LogP contribution in [0.25, 0.3) is 0 Å². The number of hydrogen-bond acceptors (Lipinski definition) is 4. The number of nitrogens with zero attached hydrogens (tertiary/aromatic N) is 2. The highest BCUT2D eigenvalue weighted by Crippen LogP contribution is 2.65. The number of anilines is 1. The number of nitrogens with one attached hydrogen (secondary N) is 1. The van der Waals surface area contributed by atoms with Gasteiger partial charge < -0.3 is 10.4 Å². The van der Waals surface area contributed by atoms with Crippen LogP contribution in [0.1, 0.15) is 77.6 Å². The SMILES string of the molecule is CC1CCC(Nc2cnn(C34CC5CC(CC(CC(=O)O)(C5)C3)C4)c(=O)c2Cl)CC1. The minimum Gasteiger partial charge on any atom is -0.481 e. The highest BCUT2D eigenvalue weighted by molar-refractivity contribution is 6.32. The van der Waals surface area contributed by atoms with Gasteiger partial charge >= 0.3 is 5.97 Å². The normalized spacial score (nSPS) is 39.8. The van der Waals surface area contributed by atoms with E-state index in [1.54, 1.807) is 10.9 Å². The number of carboxylic acid groups (broad SMARTS) is 1. The van der Waals surface area contributed by atoms with Crippen LogP contribution in [-0.2, 0) is 10.3 Å². The summed E-state index contributed by atoms with van der Waals surface area (Å²) in [5.74, 6) is 1.01. The highest BCUT2D eigenvalue weighted by Gasteiger charge is 2.59. The zero-order valence-electron chi connectivity index (χ0n) is 17.7. The molecule has 1 aromatic rings. The number of carbonyl (C=O) groups is 1. The summed E-state index contributed by atoms with van der Waals surface area (Å²) in [5, 5.41) is 17.8. The van der Waals surface area contributed by atoms with E-state index in [1.807, 2.05) is 0 Å². The maximum absolute atomic E-state index is 13.3. The fourth-order valence-electron chi connectivity index (χ4n) is 7.67. The van der Waals surface area contributed by atoms with E-state index in [-0.39, 0.29) is 28.0 Å². The van der Waals surface area contributed by atoms with Crippen LogP contribution < -0.4 is 10.9 Å². The summed E-state index contributed by atoms with van der Waals surface area (Å²) < 4.78 is 1.64. The van der Waals surface area contributed by atoms with Crippen molar-refractivity contribution in [2.75, 3.05) is 5.32 Å². The van der Waals surface area contributed by atoms with Gasteiger partial charge in [0.25, 0.3) is 5.56 Å². The van der Waals surface area contributed by atoms with Crippen LogP contribution in [0, 0.1) is 23.2 Å². The molecule has 7 heteroatoms. The Balaban J connectivity index is 1.43. The van der Waals surface area contributed by atoms with Crippen LogP contribution in [-0.4, -0.2) is 26.9 Å². The van der Waals surface area contributed by atoms with Gasteiger partial charge in [0.15, 0.2) is 0 Å². The van der Waals surface area contributed by atoms with Crippen molar-refractivity contribution in [3.63, 3.8) is 0 Å². The molecule has 1 aromatic heterocycles. The lowest BCUT2D eigenvalue weighted by Crippen LogP contribution is -2.59. The zero-order chi connectivity index (χ0) is 21.1. The second-order valence-electron chi connectivity index (χ2n) is 10.9. The van der Waals surface area contributed by atoms with Gasteiger partial charge in [-0.15, -0.1) is 0 Å². The van der Waals surface area contributed by atoms with Gasteiger partial charge in [0.2, 0.25) is 0 Å². The summed E-state index contributed by atoms with van der Waals surface area (Å²) in [5.41, 5.74) is -0.154. The van der Waals surface area contributed by atoms with E-state index in [9.17, 15) is 14.7 Å². The molecule has 0 amide bonds. The number of halogens is 1. The first-order valence-corrected chi connectivity index (χ1v) is 11.9. The third kappa shape index (κ3) is 3.45. The first-order chi connectivity index (χ1) is 14.3. The Kier molecular flexibility index (Phi) is 4.92. The monoisotopic (exact) mass is 433 g/mol. The Morgan fingerprint density at radius 3 is 2.53 bits per heavy atom. The molecule has 5 fully saturated rings. The first kappa shape index (κ1) is 20.3. The van der Waals surface area contributed by atoms with Crippen molar-refractivity contribution >= 4 is 23.3 Å². The lowest BCUT2D eigenvalue weighted by molar-refractivity contribution is -0.151. The molecular formula is C23H32ClN3O3. The topological polar surface area (TPSA) is 84.2 Å². The molecule has 5 saturated carbocycles. The number of rotatable bonds is 5. The zero-order valence-corrected chi connectivity index (χ0v) is 18.5. The van der Waals surface area contributed by atoms with Gasteiger partial charge in [0.05, 0.1) is 23.8 Å². The predicted octanol–water partition coefficient (Wildman–Crippen LogP) is 4.66. The molecule has 2 unspecified atom stereocenters. The third-order valence-corrected chi connectivity index (χ3v) is 8.79. The smallest absolute Gasteiger partial charge is 0.303 e. The van der Waals surface area contributed by atoms with Crippen LogP contribution in [0.4, 0.5) is 5.69 Å². The maximum Gasteiger partial charge on any atom is 0.303 e. The average molecular weight is 434 g/mol. The number of aliphatic carboxylic acids is 1. The van der Waals surface area contributed by atoms with Crippen LogP contribution in [0.3, 0.4) is 0 Å². The molecule has 0 aromatic carbocycles. The Hall–Kier alpha value is -1.56. The molecule has 5 aliphatic rings. The molecule has 5 aliphatic carbocycles. The molecule has 30 heavy (non-hydrogen) atoms. The Morgan fingerprint density at radius 1 is 1.23 bits per heavy atom. The van der Waals surface area contributed by atoms with Gasteiger partial charge in [-0.05, 0) is 87.4 Å². The highest BCUT2D eigenvalue weighted by atomic mass is 35.5. The minimum absolute atomic E-state index is 0.195. The standard InChI is InChI=1S/C23H32ClN3O3/c1-14-2-4-17(5-3-14)26-18-12-25-27(21(30)20(18)24)23-9-15-6-16(10-23)8-22(7-15,13-23)11-19(28)29/h12,14-17,26H,2-11,13H2,1H3,(H,28,29). The van der Waals surface area contributed by atoms with Gasteiger partial charge in [0, 0.05) is 6.04 Å². The number of hydrogen-bond donors (Lipinski definition) is 2. The van der Waals surface area contributed by atoms with E-state index in [4.69, 9.17) is 11.6 Å². The second kappa shape index (κ2) is 7.25. The molecule has 0 saturated heterocycles.